The molecular weight excluding hydrogens is 192 g/mol. The van der Waals surface area contributed by atoms with Crippen LogP contribution in [-0.4, -0.2) is 42.6 Å². The van der Waals surface area contributed by atoms with E-state index in [-0.39, 0.29) is 5.78 Å². The highest BCUT2D eigenvalue weighted by Crippen LogP contribution is 2.17. The Morgan fingerprint density at radius 2 is 2.00 bits per heavy atom. The van der Waals surface area contributed by atoms with Gasteiger partial charge in [-0.3, -0.25) is 9.59 Å². The lowest BCUT2D eigenvalue weighted by molar-refractivity contribution is 0.0957. The Kier molecular flexibility index (Phi) is 3.42. The Balaban J connectivity index is 3.08. The number of hydrogen-bond donors (Lipinski definition) is 1. The van der Waals surface area contributed by atoms with Crippen LogP contribution in [0.15, 0.2) is 0 Å². The third kappa shape index (κ3) is 2.33. The summed E-state index contributed by atoms with van der Waals surface area (Å²) in [6.07, 6.45) is 0.745. The maximum Gasteiger partial charge on any atom is 0.178 e. The smallest absolute Gasteiger partial charge is 0.178 e. The van der Waals surface area contributed by atoms with E-state index < -0.39 is 0 Å². The number of aldehydes is 1. The van der Waals surface area contributed by atoms with Crippen molar-refractivity contribution in [3.05, 3.63) is 22.5 Å². The molecule has 0 aliphatic rings. The Morgan fingerprint density at radius 1 is 1.40 bits per heavy atom. The molecule has 0 fully saturated rings. The molecule has 0 aliphatic heterocycles. The normalized spacial score (nSPS) is 10.7. The highest BCUT2D eigenvalue weighted by molar-refractivity contribution is 6.01. The average molecular weight is 208 g/mol. The number of carbonyl (C=O) groups excluding carboxylic acids is 2. The Morgan fingerprint density at radius 3 is 2.40 bits per heavy atom. The first-order chi connectivity index (χ1) is 6.97. The number of Topliss-reactive ketones (excluding diaryl/α,β-unsaturated/α-hetero) is 1. The summed E-state index contributed by atoms with van der Waals surface area (Å²) in [5.74, 6) is 0.0411. The predicted molar refractivity (Wildman–Crippen MR) is 58.5 cm³/mol. The van der Waals surface area contributed by atoms with Gasteiger partial charge < -0.3 is 9.88 Å². The standard InChI is InChI=1S/C11H16N2O2/c1-7-9(6-14)12-8(2)11(7)10(15)5-13(3)4/h6,12H,5H2,1-4H3. The molecule has 0 aromatic carbocycles. The van der Waals surface area contributed by atoms with Crippen molar-refractivity contribution in [3.63, 3.8) is 0 Å². The first-order valence-electron chi connectivity index (χ1n) is 4.79. The van der Waals surface area contributed by atoms with Crippen molar-refractivity contribution in [1.82, 2.24) is 9.88 Å². The SMILES string of the molecule is Cc1[nH]c(C=O)c(C)c1C(=O)CN(C)C. The van der Waals surface area contributed by atoms with Gasteiger partial charge in [0, 0.05) is 11.3 Å². The van der Waals surface area contributed by atoms with Gasteiger partial charge in [0.15, 0.2) is 12.1 Å². The lowest BCUT2D eigenvalue weighted by atomic mass is 10.1. The highest BCUT2D eigenvalue weighted by atomic mass is 16.1. The molecule has 0 amide bonds. The summed E-state index contributed by atoms with van der Waals surface area (Å²) in [4.78, 5) is 27.3. The van der Waals surface area contributed by atoms with Crippen molar-refractivity contribution in [2.24, 2.45) is 0 Å². The summed E-state index contributed by atoms with van der Waals surface area (Å²) < 4.78 is 0. The summed E-state index contributed by atoms with van der Waals surface area (Å²) in [5.41, 5.74) is 2.65. The minimum Gasteiger partial charge on any atom is -0.356 e. The molecule has 82 valence electrons. The first-order valence-corrected chi connectivity index (χ1v) is 4.79. The molecule has 15 heavy (non-hydrogen) atoms. The van der Waals surface area contributed by atoms with Crippen molar-refractivity contribution in [2.75, 3.05) is 20.6 Å². The van der Waals surface area contributed by atoms with Gasteiger partial charge in [0.25, 0.3) is 0 Å². The molecule has 0 spiro atoms. The zero-order chi connectivity index (χ0) is 11.6. The van der Waals surface area contributed by atoms with Crippen molar-refractivity contribution < 1.29 is 9.59 Å². The molecule has 0 atom stereocenters. The van der Waals surface area contributed by atoms with Gasteiger partial charge in [-0.15, -0.1) is 0 Å². The van der Waals surface area contributed by atoms with Crippen LogP contribution in [0.1, 0.15) is 32.1 Å². The molecule has 0 aliphatic carbocycles. The van der Waals surface area contributed by atoms with E-state index in [0.29, 0.717) is 17.8 Å². The molecule has 4 heteroatoms. The summed E-state index contributed by atoms with van der Waals surface area (Å²) in [5, 5.41) is 0. The minimum atomic E-state index is 0.0411. The number of likely N-dealkylation sites (N-methyl/N-ethyl adjacent to an activating group) is 1. The molecule has 0 bridgehead atoms. The van der Waals surface area contributed by atoms with Crippen LogP contribution in [0.25, 0.3) is 0 Å². The fourth-order valence-electron chi connectivity index (χ4n) is 1.68. The van der Waals surface area contributed by atoms with E-state index in [0.717, 1.165) is 17.5 Å². The van der Waals surface area contributed by atoms with Crippen LogP contribution < -0.4 is 0 Å². The van der Waals surface area contributed by atoms with Crippen LogP contribution >= 0.6 is 0 Å². The molecular formula is C11H16N2O2. The van der Waals surface area contributed by atoms with Gasteiger partial charge in [0.2, 0.25) is 0 Å². The van der Waals surface area contributed by atoms with E-state index in [4.69, 9.17) is 0 Å². The Hall–Kier alpha value is -1.42. The fourth-order valence-corrected chi connectivity index (χ4v) is 1.68. The van der Waals surface area contributed by atoms with E-state index >= 15 is 0 Å². The number of rotatable bonds is 4. The molecule has 1 rings (SSSR count). The number of nitrogens with one attached hydrogen (secondary N) is 1. The number of nitrogens with zero attached hydrogens (tertiary/aromatic N) is 1. The molecule has 0 saturated heterocycles. The number of aryl methyl sites for hydroxylation is 1. The molecule has 4 nitrogen and oxygen atoms in total. The lowest BCUT2D eigenvalue weighted by Crippen LogP contribution is -2.22. The Labute approximate surface area is 89.3 Å². The maximum absolute atomic E-state index is 11.8. The van der Waals surface area contributed by atoms with Crippen molar-refractivity contribution in [3.8, 4) is 0 Å². The molecule has 0 radical (unpaired) electrons. The van der Waals surface area contributed by atoms with Crippen LogP contribution in [0.5, 0.6) is 0 Å². The quantitative estimate of drug-likeness (QED) is 0.597. The van der Waals surface area contributed by atoms with E-state index in [1.807, 2.05) is 25.9 Å². The number of aromatic nitrogens is 1. The van der Waals surface area contributed by atoms with Crippen molar-refractivity contribution >= 4 is 12.1 Å². The molecule has 0 unspecified atom stereocenters. The van der Waals surface area contributed by atoms with Crippen molar-refractivity contribution in [2.45, 2.75) is 13.8 Å². The fraction of sp³-hybridized carbons (Fsp3) is 0.455. The summed E-state index contributed by atoms with van der Waals surface area (Å²) in [7, 11) is 3.69. The van der Waals surface area contributed by atoms with Crippen LogP contribution in [0.4, 0.5) is 0 Å². The second kappa shape index (κ2) is 4.40. The molecule has 1 aromatic heterocycles. The number of H-pyrrole nitrogens is 1. The number of hydrogen-bond acceptors (Lipinski definition) is 3. The van der Waals surface area contributed by atoms with Crippen LogP contribution in [-0.2, 0) is 0 Å². The van der Waals surface area contributed by atoms with E-state index in [9.17, 15) is 9.59 Å². The van der Waals surface area contributed by atoms with Crippen LogP contribution in [0.2, 0.25) is 0 Å². The third-order valence-electron chi connectivity index (χ3n) is 2.33. The van der Waals surface area contributed by atoms with Gasteiger partial charge in [-0.1, -0.05) is 0 Å². The second-order valence-electron chi connectivity index (χ2n) is 3.94. The number of carbonyl (C=O) groups is 2. The van der Waals surface area contributed by atoms with E-state index in [1.54, 1.807) is 6.92 Å². The lowest BCUT2D eigenvalue weighted by Gasteiger charge is -2.08. The molecule has 0 saturated carbocycles. The largest absolute Gasteiger partial charge is 0.356 e. The number of aromatic amines is 1. The molecule has 1 aromatic rings. The van der Waals surface area contributed by atoms with Crippen LogP contribution in [0, 0.1) is 13.8 Å². The van der Waals surface area contributed by atoms with Gasteiger partial charge in [0.1, 0.15) is 0 Å². The van der Waals surface area contributed by atoms with E-state index in [1.165, 1.54) is 0 Å². The van der Waals surface area contributed by atoms with Gasteiger partial charge in [-0.25, -0.2) is 0 Å². The second-order valence-corrected chi connectivity index (χ2v) is 3.94. The van der Waals surface area contributed by atoms with Gasteiger partial charge in [-0.2, -0.15) is 0 Å². The Bertz CT molecular complexity index is 392. The predicted octanol–water partition coefficient (Wildman–Crippen LogP) is 1.19. The van der Waals surface area contributed by atoms with Gasteiger partial charge >= 0.3 is 0 Å². The zero-order valence-electron chi connectivity index (χ0n) is 9.55. The third-order valence-corrected chi connectivity index (χ3v) is 2.33. The topological polar surface area (TPSA) is 53.2 Å². The molecule has 1 N–H and O–H groups in total. The van der Waals surface area contributed by atoms with Gasteiger partial charge in [-0.05, 0) is 33.5 Å². The number of ketones is 1. The summed E-state index contributed by atoms with van der Waals surface area (Å²) in [6, 6.07) is 0. The van der Waals surface area contributed by atoms with E-state index in [2.05, 4.69) is 4.98 Å². The highest BCUT2D eigenvalue weighted by Gasteiger charge is 2.17. The summed E-state index contributed by atoms with van der Waals surface area (Å²) in [6.45, 7) is 3.96. The molecule has 1 heterocycles. The minimum absolute atomic E-state index is 0.0411. The average Bonchev–Trinajstić information content (AvgIpc) is 2.40. The summed E-state index contributed by atoms with van der Waals surface area (Å²) >= 11 is 0. The first kappa shape index (κ1) is 11.7. The van der Waals surface area contributed by atoms with Crippen LogP contribution in [0.3, 0.4) is 0 Å². The zero-order valence-corrected chi connectivity index (χ0v) is 9.55. The van der Waals surface area contributed by atoms with Crippen molar-refractivity contribution in [1.29, 1.82) is 0 Å². The van der Waals surface area contributed by atoms with Gasteiger partial charge in [0.05, 0.1) is 12.2 Å². The maximum atomic E-state index is 11.8. The monoisotopic (exact) mass is 208 g/mol.